The first-order chi connectivity index (χ1) is 7.43. The van der Waals surface area contributed by atoms with Crippen molar-refractivity contribution in [1.29, 1.82) is 0 Å². The highest BCUT2D eigenvalue weighted by molar-refractivity contribution is 4.97. The highest BCUT2D eigenvalue weighted by atomic mass is 15.1. The van der Waals surface area contributed by atoms with Gasteiger partial charge in [0.05, 0.1) is 0 Å². The summed E-state index contributed by atoms with van der Waals surface area (Å²) in [5.41, 5.74) is 1.20. The van der Waals surface area contributed by atoms with Gasteiger partial charge in [-0.15, -0.1) is 0 Å². The summed E-state index contributed by atoms with van der Waals surface area (Å²) >= 11 is 0. The lowest BCUT2D eigenvalue weighted by atomic mass is 10.3. The van der Waals surface area contributed by atoms with Crippen LogP contribution in [0.5, 0.6) is 0 Å². The molecule has 0 radical (unpaired) electrons. The fraction of sp³-hybridized carbons (Fsp3) is 0.727. The Morgan fingerprint density at radius 2 is 2.00 bits per heavy atom. The van der Waals surface area contributed by atoms with E-state index in [1.807, 2.05) is 6.07 Å². The van der Waals surface area contributed by atoms with Gasteiger partial charge in [0.2, 0.25) is 0 Å². The van der Waals surface area contributed by atoms with Crippen molar-refractivity contribution in [3.8, 4) is 0 Å². The van der Waals surface area contributed by atoms with Crippen LogP contribution in [-0.4, -0.2) is 36.4 Å². The van der Waals surface area contributed by atoms with Gasteiger partial charge in [0.25, 0.3) is 0 Å². The lowest BCUT2D eigenvalue weighted by molar-refractivity contribution is 0.591. The summed E-state index contributed by atoms with van der Waals surface area (Å²) in [4.78, 5) is 0. The molecule has 0 aromatic carbocycles. The van der Waals surface area contributed by atoms with Crippen molar-refractivity contribution in [3.63, 3.8) is 0 Å². The second kappa shape index (κ2) is 8.44. The normalized spacial score (nSPS) is 10.7. The molecular formula is C11H22N4. The van der Waals surface area contributed by atoms with Gasteiger partial charge in [0.1, 0.15) is 0 Å². The molecule has 1 heterocycles. The Hall–Kier alpha value is -0.870. The zero-order valence-electron chi connectivity index (χ0n) is 9.55. The maximum atomic E-state index is 3.91. The van der Waals surface area contributed by atoms with E-state index in [1.165, 1.54) is 18.5 Å². The second-order valence-corrected chi connectivity index (χ2v) is 3.69. The van der Waals surface area contributed by atoms with Gasteiger partial charge in [0.15, 0.2) is 0 Å². The summed E-state index contributed by atoms with van der Waals surface area (Å²) in [7, 11) is 0. The number of aromatic nitrogens is 2. The van der Waals surface area contributed by atoms with Crippen molar-refractivity contribution >= 4 is 0 Å². The molecule has 15 heavy (non-hydrogen) atoms. The van der Waals surface area contributed by atoms with E-state index in [9.17, 15) is 0 Å². The molecule has 0 aliphatic heterocycles. The lowest BCUT2D eigenvalue weighted by Gasteiger charge is -2.04. The van der Waals surface area contributed by atoms with E-state index in [-0.39, 0.29) is 0 Å². The molecule has 0 atom stereocenters. The van der Waals surface area contributed by atoms with Crippen molar-refractivity contribution in [3.05, 3.63) is 18.0 Å². The topological polar surface area (TPSA) is 52.7 Å². The highest BCUT2D eigenvalue weighted by Gasteiger charge is 1.92. The Morgan fingerprint density at radius 1 is 1.20 bits per heavy atom. The average Bonchev–Trinajstić information content (AvgIpc) is 2.75. The Bertz CT molecular complexity index is 221. The van der Waals surface area contributed by atoms with E-state index in [1.54, 1.807) is 6.20 Å². The van der Waals surface area contributed by atoms with Crippen LogP contribution >= 0.6 is 0 Å². The average molecular weight is 210 g/mol. The highest BCUT2D eigenvalue weighted by Crippen LogP contribution is 1.90. The summed E-state index contributed by atoms with van der Waals surface area (Å²) < 4.78 is 0. The van der Waals surface area contributed by atoms with Gasteiger partial charge in [0, 0.05) is 24.9 Å². The first-order valence-corrected chi connectivity index (χ1v) is 5.83. The van der Waals surface area contributed by atoms with Gasteiger partial charge in [-0.2, -0.15) is 5.10 Å². The number of rotatable bonds is 9. The minimum absolute atomic E-state index is 1.02. The number of H-pyrrole nitrogens is 1. The number of nitrogens with one attached hydrogen (secondary N) is 3. The van der Waals surface area contributed by atoms with Crippen LogP contribution in [0.25, 0.3) is 0 Å². The maximum absolute atomic E-state index is 3.91. The number of hydrogen-bond donors (Lipinski definition) is 3. The van der Waals surface area contributed by atoms with Crippen LogP contribution in [-0.2, 0) is 6.42 Å². The summed E-state index contributed by atoms with van der Waals surface area (Å²) in [5.74, 6) is 0. The molecule has 0 fully saturated rings. The molecule has 0 bridgehead atoms. The minimum Gasteiger partial charge on any atom is -0.317 e. The quantitative estimate of drug-likeness (QED) is 0.532. The fourth-order valence-electron chi connectivity index (χ4n) is 1.41. The molecule has 0 aliphatic rings. The monoisotopic (exact) mass is 210 g/mol. The van der Waals surface area contributed by atoms with Crippen molar-refractivity contribution in [1.82, 2.24) is 20.8 Å². The van der Waals surface area contributed by atoms with Gasteiger partial charge in [-0.3, -0.25) is 5.10 Å². The van der Waals surface area contributed by atoms with Crippen molar-refractivity contribution in [2.24, 2.45) is 0 Å². The van der Waals surface area contributed by atoms with Crippen LogP contribution in [0, 0.1) is 0 Å². The second-order valence-electron chi connectivity index (χ2n) is 3.69. The number of hydrogen-bond acceptors (Lipinski definition) is 3. The van der Waals surface area contributed by atoms with E-state index >= 15 is 0 Å². The van der Waals surface area contributed by atoms with Crippen molar-refractivity contribution < 1.29 is 0 Å². The third kappa shape index (κ3) is 6.25. The van der Waals surface area contributed by atoms with Gasteiger partial charge in [-0.25, -0.2) is 0 Å². The van der Waals surface area contributed by atoms with Crippen LogP contribution in [0.4, 0.5) is 0 Å². The lowest BCUT2D eigenvalue weighted by Crippen LogP contribution is -2.24. The predicted octanol–water partition coefficient (Wildman–Crippen LogP) is 0.931. The summed E-state index contributed by atoms with van der Waals surface area (Å²) in [5, 5.41) is 13.7. The number of nitrogens with zero attached hydrogens (tertiary/aromatic N) is 1. The molecule has 0 saturated heterocycles. The fourth-order valence-corrected chi connectivity index (χ4v) is 1.41. The minimum atomic E-state index is 1.02. The van der Waals surface area contributed by atoms with Crippen LogP contribution in [0.2, 0.25) is 0 Å². The molecule has 0 spiro atoms. The van der Waals surface area contributed by atoms with E-state index in [0.29, 0.717) is 0 Å². The zero-order chi connectivity index (χ0) is 10.8. The summed E-state index contributed by atoms with van der Waals surface area (Å²) in [6.07, 6.45) is 5.24. The molecule has 1 rings (SSSR count). The molecule has 0 unspecified atom stereocenters. The van der Waals surface area contributed by atoms with E-state index in [0.717, 1.165) is 32.6 Å². The number of aromatic amines is 1. The molecular weight excluding hydrogens is 188 g/mol. The standard InChI is InChI=1S/C11H22N4/c1-2-6-12-7-3-8-13-9-4-11-5-10-14-15-11/h5,10,12-13H,2-4,6-9H2,1H3,(H,14,15). The molecule has 0 amide bonds. The van der Waals surface area contributed by atoms with E-state index in [4.69, 9.17) is 0 Å². The Morgan fingerprint density at radius 3 is 2.67 bits per heavy atom. The van der Waals surface area contributed by atoms with Crippen LogP contribution in [0.1, 0.15) is 25.5 Å². The Kier molecular flexibility index (Phi) is 6.86. The maximum Gasteiger partial charge on any atom is 0.0490 e. The third-order valence-corrected chi connectivity index (χ3v) is 2.26. The van der Waals surface area contributed by atoms with Crippen molar-refractivity contribution in [2.45, 2.75) is 26.2 Å². The molecule has 0 aliphatic carbocycles. The molecule has 1 aromatic heterocycles. The summed E-state index contributed by atoms with van der Waals surface area (Å²) in [6, 6.07) is 2.02. The zero-order valence-corrected chi connectivity index (χ0v) is 9.55. The molecule has 86 valence electrons. The van der Waals surface area contributed by atoms with E-state index in [2.05, 4.69) is 27.8 Å². The molecule has 1 aromatic rings. The Labute approximate surface area is 91.8 Å². The van der Waals surface area contributed by atoms with Gasteiger partial charge >= 0.3 is 0 Å². The first-order valence-electron chi connectivity index (χ1n) is 5.83. The predicted molar refractivity (Wildman–Crippen MR) is 62.9 cm³/mol. The van der Waals surface area contributed by atoms with Gasteiger partial charge < -0.3 is 10.6 Å². The van der Waals surface area contributed by atoms with Gasteiger partial charge in [-0.1, -0.05) is 6.92 Å². The molecule has 4 nitrogen and oxygen atoms in total. The largest absolute Gasteiger partial charge is 0.317 e. The first kappa shape index (κ1) is 12.2. The van der Waals surface area contributed by atoms with E-state index < -0.39 is 0 Å². The SMILES string of the molecule is CCCNCCCNCCc1ccn[nH]1. The molecule has 3 N–H and O–H groups in total. The van der Waals surface area contributed by atoms with Crippen molar-refractivity contribution in [2.75, 3.05) is 26.2 Å². The van der Waals surface area contributed by atoms with Crippen LogP contribution < -0.4 is 10.6 Å². The van der Waals surface area contributed by atoms with Gasteiger partial charge in [-0.05, 0) is 38.5 Å². The Balaban J connectivity index is 1.81. The van der Waals surface area contributed by atoms with Crippen LogP contribution in [0.15, 0.2) is 12.3 Å². The van der Waals surface area contributed by atoms with Crippen LogP contribution in [0.3, 0.4) is 0 Å². The smallest absolute Gasteiger partial charge is 0.0490 e. The molecule has 0 saturated carbocycles. The third-order valence-electron chi connectivity index (χ3n) is 2.26. The molecule has 4 heteroatoms. The summed E-state index contributed by atoms with van der Waals surface area (Å²) in [6.45, 7) is 6.55.